The van der Waals surface area contributed by atoms with Crippen molar-refractivity contribution in [2.45, 2.75) is 11.8 Å². The molecule has 3 aromatic heterocycles. The van der Waals surface area contributed by atoms with Crippen LogP contribution in [0.1, 0.15) is 5.82 Å². The maximum absolute atomic E-state index is 12.8. The minimum Gasteiger partial charge on any atom is -0.275 e. The molecule has 0 fully saturated rings. The van der Waals surface area contributed by atoms with Crippen molar-refractivity contribution in [3.8, 4) is 22.8 Å². The van der Waals surface area contributed by atoms with Gasteiger partial charge in [-0.2, -0.15) is 15.1 Å². The van der Waals surface area contributed by atoms with Crippen LogP contribution in [0.25, 0.3) is 22.8 Å². The van der Waals surface area contributed by atoms with Gasteiger partial charge in [0, 0.05) is 25.0 Å². The number of nitrogens with zero attached hydrogens (tertiary/aromatic N) is 6. The van der Waals surface area contributed by atoms with Crippen LogP contribution in [0.5, 0.6) is 0 Å². The van der Waals surface area contributed by atoms with E-state index < -0.39 is 10.0 Å². The lowest BCUT2D eigenvalue weighted by molar-refractivity contribution is 0.600. The zero-order valence-corrected chi connectivity index (χ0v) is 16.5. The molecular formula is C19H17N7O2S. The summed E-state index contributed by atoms with van der Waals surface area (Å²) in [6.07, 6.45) is 3.44. The first kappa shape index (κ1) is 18.7. The fraction of sp³-hybridized carbons (Fsp3) is 0.105. The number of pyridine rings is 1. The zero-order chi connectivity index (χ0) is 20.4. The lowest BCUT2D eigenvalue weighted by atomic mass is 10.2. The molecule has 1 N–H and O–H groups in total. The van der Waals surface area contributed by atoms with E-state index in [1.54, 1.807) is 48.1 Å². The molecule has 146 valence electrons. The van der Waals surface area contributed by atoms with Crippen LogP contribution >= 0.6 is 0 Å². The third-order valence-electron chi connectivity index (χ3n) is 4.04. The second-order valence-corrected chi connectivity index (χ2v) is 7.93. The molecular weight excluding hydrogens is 390 g/mol. The highest BCUT2D eigenvalue weighted by molar-refractivity contribution is 7.92. The van der Waals surface area contributed by atoms with E-state index in [9.17, 15) is 8.42 Å². The van der Waals surface area contributed by atoms with E-state index in [-0.39, 0.29) is 10.8 Å². The van der Waals surface area contributed by atoms with Gasteiger partial charge in [0.25, 0.3) is 10.0 Å². The van der Waals surface area contributed by atoms with Gasteiger partial charge in [0.15, 0.2) is 5.82 Å². The Labute approximate surface area is 167 Å². The van der Waals surface area contributed by atoms with Gasteiger partial charge in [-0.3, -0.25) is 9.67 Å². The molecule has 0 amide bonds. The first-order chi connectivity index (χ1) is 13.9. The SMILES string of the molecule is Cc1nc(NS(=O)(=O)c2ccc(-c3ccn(C)n3)cc2)nc(-c2ccccn2)n1. The van der Waals surface area contributed by atoms with E-state index in [1.807, 2.05) is 19.3 Å². The molecule has 29 heavy (non-hydrogen) atoms. The number of sulfonamides is 1. The van der Waals surface area contributed by atoms with Crippen molar-refractivity contribution in [3.63, 3.8) is 0 Å². The molecule has 0 aliphatic heterocycles. The summed E-state index contributed by atoms with van der Waals surface area (Å²) < 4.78 is 29.6. The van der Waals surface area contributed by atoms with Crippen LogP contribution in [0.15, 0.2) is 65.8 Å². The van der Waals surface area contributed by atoms with Gasteiger partial charge in [0.05, 0.1) is 10.6 Å². The molecule has 1 aromatic carbocycles. The Hall–Kier alpha value is -3.66. The number of nitrogens with one attached hydrogen (secondary N) is 1. The number of anilines is 1. The number of hydrogen-bond acceptors (Lipinski definition) is 7. The van der Waals surface area contributed by atoms with E-state index in [0.29, 0.717) is 17.3 Å². The number of benzene rings is 1. The Bertz CT molecular complexity index is 1250. The second-order valence-electron chi connectivity index (χ2n) is 6.25. The van der Waals surface area contributed by atoms with Gasteiger partial charge in [-0.15, -0.1) is 0 Å². The highest BCUT2D eigenvalue weighted by Crippen LogP contribution is 2.21. The van der Waals surface area contributed by atoms with Gasteiger partial charge >= 0.3 is 0 Å². The van der Waals surface area contributed by atoms with E-state index in [1.165, 1.54) is 12.1 Å². The summed E-state index contributed by atoms with van der Waals surface area (Å²) in [4.78, 5) is 16.8. The minimum absolute atomic E-state index is 0.0630. The summed E-state index contributed by atoms with van der Waals surface area (Å²) in [5.41, 5.74) is 2.11. The third-order valence-corrected chi connectivity index (χ3v) is 5.38. The monoisotopic (exact) mass is 407 g/mol. The first-order valence-corrected chi connectivity index (χ1v) is 10.2. The molecule has 0 unspecified atom stereocenters. The fourth-order valence-corrected chi connectivity index (χ4v) is 3.63. The molecule has 10 heteroatoms. The first-order valence-electron chi connectivity index (χ1n) is 8.68. The van der Waals surface area contributed by atoms with Crippen molar-refractivity contribution >= 4 is 16.0 Å². The van der Waals surface area contributed by atoms with Crippen LogP contribution in [0.2, 0.25) is 0 Å². The van der Waals surface area contributed by atoms with Gasteiger partial charge in [-0.1, -0.05) is 18.2 Å². The summed E-state index contributed by atoms with van der Waals surface area (Å²) in [6, 6.07) is 13.6. The Morgan fingerprint density at radius 1 is 0.931 bits per heavy atom. The molecule has 0 saturated carbocycles. The molecule has 0 atom stereocenters. The van der Waals surface area contributed by atoms with Crippen LogP contribution in [0.3, 0.4) is 0 Å². The summed E-state index contributed by atoms with van der Waals surface area (Å²) in [5.74, 6) is 0.608. The Morgan fingerprint density at radius 3 is 2.38 bits per heavy atom. The molecule has 4 aromatic rings. The second kappa shape index (κ2) is 7.40. The normalized spacial score (nSPS) is 11.4. The number of rotatable bonds is 5. The summed E-state index contributed by atoms with van der Waals surface area (Å²) in [7, 11) is -2.05. The summed E-state index contributed by atoms with van der Waals surface area (Å²) >= 11 is 0. The number of aromatic nitrogens is 6. The van der Waals surface area contributed by atoms with Crippen LogP contribution in [0.4, 0.5) is 5.95 Å². The van der Waals surface area contributed by atoms with Gasteiger partial charge < -0.3 is 0 Å². The molecule has 0 saturated heterocycles. The van der Waals surface area contributed by atoms with Crippen molar-refractivity contribution < 1.29 is 8.42 Å². The summed E-state index contributed by atoms with van der Waals surface area (Å²) in [6.45, 7) is 1.66. The number of hydrogen-bond donors (Lipinski definition) is 1. The van der Waals surface area contributed by atoms with Crippen molar-refractivity contribution in [2.75, 3.05) is 4.72 Å². The Morgan fingerprint density at radius 2 is 1.72 bits per heavy atom. The van der Waals surface area contributed by atoms with Crippen LogP contribution in [-0.2, 0) is 17.1 Å². The summed E-state index contributed by atoms with van der Waals surface area (Å²) in [5, 5.41) is 4.31. The molecule has 0 aliphatic rings. The standard InChI is InChI=1S/C19H17N7O2S/c1-13-21-18(17-5-3-4-11-20-17)23-19(22-13)25-29(27,28)15-8-6-14(7-9-15)16-10-12-26(2)24-16/h3-12H,1-2H3,(H,21,22,23,25). The molecule has 0 aliphatic carbocycles. The molecule has 3 heterocycles. The van der Waals surface area contributed by atoms with Crippen molar-refractivity contribution in [1.29, 1.82) is 0 Å². The van der Waals surface area contributed by atoms with Crippen LogP contribution in [-0.4, -0.2) is 38.1 Å². The third kappa shape index (κ3) is 4.11. The largest absolute Gasteiger partial charge is 0.275 e. The maximum atomic E-state index is 12.8. The van der Waals surface area contributed by atoms with E-state index in [4.69, 9.17) is 0 Å². The van der Waals surface area contributed by atoms with Crippen molar-refractivity contribution in [3.05, 3.63) is 66.7 Å². The van der Waals surface area contributed by atoms with Gasteiger partial charge in [0.2, 0.25) is 5.95 Å². The Kier molecular flexibility index (Phi) is 4.77. The van der Waals surface area contributed by atoms with Crippen LogP contribution in [0, 0.1) is 6.92 Å². The molecule has 0 spiro atoms. The quantitative estimate of drug-likeness (QED) is 0.540. The van der Waals surface area contributed by atoms with Gasteiger partial charge in [-0.25, -0.2) is 18.1 Å². The predicted octanol–water partition coefficient (Wildman–Crippen LogP) is 2.44. The maximum Gasteiger partial charge on any atom is 0.264 e. The smallest absolute Gasteiger partial charge is 0.264 e. The van der Waals surface area contributed by atoms with Crippen LogP contribution < -0.4 is 4.72 Å². The van der Waals surface area contributed by atoms with E-state index >= 15 is 0 Å². The highest BCUT2D eigenvalue weighted by atomic mass is 32.2. The molecule has 0 radical (unpaired) electrons. The highest BCUT2D eigenvalue weighted by Gasteiger charge is 2.18. The average Bonchev–Trinajstić information content (AvgIpc) is 3.14. The molecule has 4 rings (SSSR count). The zero-order valence-electron chi connectivity index (χ0n) is 15.7. The van der Waals surface area contributed by atoms with Crippen molar-refractivity contribution in [2.24, 2.45) is 7.05 Å². The minimum atomic E-state index is -3.87. The van der Waals surface area contributed by atoms with Gasteiger partial charge in [-0.05, 0) is 37.3 Å². The lowest BCUT2D eigenvalue weighted by Crippen LogP contribution is -2.16. The van der Waals surface area contributed by atoms with Gasteiger partial charge in [0.1, 0.15) is 11.5 Å². The number of aryl methyl sites for hydroxylation is 2. The Balaban J connectivity index is 1.61. The predicted molar refractivity (Wildman–Crippen MR) is 107 cm³/mol. The fourth-order valence-electron chi connectivity index (χ4n) is 2.69. The molecule has 9 nitrogen and oxygen atoms in total. The van der Waals surface area contributed by atoms with Crippen molar-refractivity contribution in [1.82, 2.24) is 29.7 Å². The lowest BCUT2D eigenvalue weighted by Gasteiger charge is -2.09. The van der Waals surface area contributed by atoms with E-state index in [2.05, 4.69) is 29.8 Å². The molecule has 0 bridgehead atoms. The average molecular weight is 407 g/mol. The van der Waals surface area contributed by atoms with E-state index in [0.717, 1.165) is 11.3 Å². The topological polar surface area (TPSA) is 116 Å².